The van der Waals surface area contributed by atoms with Gasteiger partial charge in [0.1, 0.15) is 0 Å². The first kappa shape index (κ1) is 13.0. The van der Waals surface area contributed by atoms with E-state index >= 15 is 0 Å². The summed E-state index contributed by atoms with van der Waals surface area (Å²) in [6, 6.07) is 5.45. The van der Waals surface area contributed by atoms with Crippen molar-refractivity contribution in [1.82, 2.24) is 5.32 Å². The van der Waals surface area contributed by atoms with Crippen LogP contribution in [0, 0.1) is 0 Å². The maximum absolute atomic E-state index is 12.7. The number of nitrogens with two attached hydrogens (primary N) is 1. The minimum Gasteiger partial charge on any atom is -0.329 e. The highest BCUT2D eigenvalue weighted by atomic mass is 19.4. The van der Waals surface area contributed by atoms with Crippen molar-refractivity contribution < 1.29 is 13.2 Å². The predicted molar refractivity (Wildman–Crippen MR) is 57.1 cm³/mol. The number of hydrogen-bond donors (Lipinski definition) is 2. The maximum Gasteiger partial charge on any atom is 0.416 e. The summed E-state index contributed by atoms with van der Waals surface area (Å²) in [6.45, 7) is 0.308. The molecule has 0 aliphatic heterocycles. The molecule has 90 valence electrons. The van der Waals surface area contributed by atoms with Gasteiger partial charge in [-0.15, -0.1) is 0 Å². The Morgan fingerprint density at radius 3 is 2.44 bits per heavy atom. The van der Waals surface area contributed by atoms with Crippen LogP contribution in [-0.2, 0) is 12.6 Å². The van der Waals surface area contributed by atoms with E-state index in [-0.39, 0.29) is 18.0 Å². The molecule has 0 saturated carbocycles. The van der Waals surface area contributed by atoms with Gasteiger partial charge in [-0.25, -0.2) is 0 Å². The summed E-state index contributed by atoms with van der Waals surface area (Å²) in [4.78, 5) is 0. The number of rotatable bonds is 4. The normalized spacial score (nSPS) is 13.8. The molecule has 0 saturated heterocycles. The Labute approximate surface area is 92.6 Å². The van der Waals surface area contributed by atoms with Crippen molar-refractivity contribution in [2.75, 3.05) is 13.6 Å². The lowest BCUT2D eigenvalue weighted by Crippen LogP contribution is -2.35. The lowest BCUT2D eigenvalue weighted by Gasteiger charge is -2.17. The second-order valence-corrected chi connectivity index (χ2v) is 3.58. The number of halogens is 3. The molecule has 0 aliphatic carbocycles. The van der Waals surface area contributed by atoms with Gasteiger partial charge in [0.05, 0.1) is 5.56 Å². The van der Waals surface area contributed by atoms with Crippen LogP contribution in [0.4, 0.5) is 13.2 Å². The third kappa shape index (κ3) is 3.21. The van der Waals surface area contributed by atoms with Crippen molar-refractivity contribution in [2.24, 2.45) is 5.73 Å². The summed E-state index contributed by atoms with van der Waals surface area (Å²) in [5, 5.41) is 2.89. The molecule has 0 aromatic heterocycles. The van der Waals surface area contributed by atoms with E-state index in [4.69, 9.17) is 5.73 Å². The van der Waals surface area contributed by atoms with Crippen molar-refractivity contribution in [2.45, 2.75) is 18.6 Å². The van der Waals surface area contributed by atoms with Gasteiger partial charge in [0.15, 0.2) is 0 Å². The van der Waals surface area contributed by atoms with Crippen LogP contribution in [0.25, 0.3) is 0 Å². The van der Waals surface area contributed by atoms with Gasteiger partial charge in [-0.1, -0.05) is 18.2 Å². The molecule has 1 aromatic carbocycles. The first-order chi connectivity index (χ1) is 7.49. The van der Waals surface area contributed by atoms with Crippen molar-refractivity contribution in [3.8, 4) is 0 Å². The molecule has 1 rings (SSSR count). The van der Waals surface area contributed by atoms with E-state index in [1.807, 2.05) is 0 Å². The van der Waals surface area contributed by atoms with E-state index in [9.17, 15) is 13.2 Å². The van der Waals surface area contributed by atoms with Crippen LogP contribution in [0.5, 0.6) is 0 Å². The smallest absolute Gasteiger partial charge is 0.329 e. The zero-order valence-electron chi connectivity index (χ0n) is 9.01. The molecule has 2 nitrogen and oxygen atoms in total. The molecule has 16 heavy (non-hydrogen) atoms. The SMILES string of the molecule is CNC(CN)Cc1ccccc1C(F)(F)F. The third-order valence-electron chi connectivity index (χ3n) is 2.48. The van der Waals surface area contributed by atoms with Crippen molar-refractivity contribution >= 4 is 0 Å². The number of alkyl halides is 3. The topological polar surface area (TPSA) is 38.0 Å². The highest BCUT2D eigenvalue weighted by molar-refractivity contribution is 5.30. The van der Waals surface area contributed by atoms with Crippen molar-refractivity contribution in [3.05, 3.63) is 35.4 Å². The number of hydrogen-bond acceptors (Lipinski definition) is 2. The molecular formula is C11H15F3N2. The number of likely N-dealkylation sites (N-methyl/N-ethyl adjacent to an activating group) is 1. The largest absolute Gasteiger partial charge is 0.416 e. The molecule has 1 unspecified atom stereocenters. The van der Waals surface area contributed by atoms with Crippen LogP contribution < -0.4 is 11.1 Å². The van der Waals surface area contributed by atoms with E-state index in [0.29, 0.717) is 6.54 Å². The van der Waals surface area contributed by atoms with Crippen molar-refractivity contribution in [1.29, 1.82) is 0 Å². The lowest BCUT2D eigenvalue weighted by molar-refractivity contribution is -0.138. The van der Waals surface area contributed by atoms with E-state index in [2.05, 4.69) is 5.32 Å². The minimum atomic E-state index is -4.30. The minimum absolute atomic E-state index is 0.136. The monoisotopic (exact) mass is 232 g/mol. The van der Waals surface area contributed by atoms with Gasteiger partial charge >= 0.3 is 6.18 Å². The third-order valence-corrected chi connectivity index (χ3v) is 2.48. The molecule has 1 atom stereocenters. The molecule has 5 heteroatoms. The fraction of sp³-hybridized carbons (Fsp3) is 0.455. The molecule has 0 bridgehead atoms. The quantitative estimate of drug-likeness (QED) is 0.830. The van der Waals surface area contributed by atoms with E-state index in [1.54, 1.807) is 13.1 Å². The number of nitrogens with one attached hydrogen (secondary N) is 1. The predicted octanol–water partition coefficient (Wildman–Crippen LogP) is 1.79. The van der Waals surface area contributed by atoms with Gasteiger partial charge in [0.25, 0.3) is 0 Å². The van der Waals surface area contributed by atoms with Crippen molar-refractivity contribution in [3.63, 3.8) is 0 Å². The standard InChI is InChI=1S/C11H15F3N2/c1-16-9(7-15)6-8-4-2-3-5-10(8)11(12,13)14/h2-5,9,16H,6-7,15H2,1H3. The first-order valence-corrected chi connectivity index (χ1v) is 5.01. The zero-order chi connectivity index (χ0) is 12.2. The zero-order valence-corrected chi connectivity index (χ0v) is 9.01. The molecule has 0 heterocycles. The second kappa shape index (κ2) is 5.32. The molecule has 0 amide bonds. The van der Waals surface area contributed by atoms with Gasteiger partial charge < -0.3 is 11.1 Å². The highest BCUT2D eigenvalue weighted by Crippen LogP contribution is 2.32. The fourth-order valence-corrected chi connectivity index (χ4v) is 1.54. The Morgan fingerprint density at radius 2 is 1.94 bits per heavy atom. The molecule has 3 N–H and O–H groups in total. The Hall–Kier alpha value is -1.07. The van der Waals surface area contributed by atoms with Crippen LogP contribution in [0.3, 0.4) is 0 Å². The van der Waals surface area contributed by atoms with Gasteiger partial charge in [-0.3, -0.25) is 0 Å². The average Bonchev–Trinajstić information content (AvgIpc) is 2.25. The summed E-state index contributed by atoms with van der Waals surface area (Å²) in [5.74, 6) is 0. The van der Waals surface area contributed by atoms with Crippen LogP contribution in [0.1, 0.15) is 11.1 Å². The Kier molecular flexibility index (Phi) is 4.32. The summed E-state index contributed by atoms with van der Waals surface area (Å²) in [7, 11) is 1.69. The van der Waals surface area contributed by atoms with Crippen LogP contribution in [0.2, 0.25) is 0 Å². The van der Waals surface area contributed by atoms with Gasteiger partial charge in [0.2, 0.25) is 0 Å². The van der Waals surface area contributed by atoms with E-state index in [1.165, 1.54) is 12.1 Å². The fourth-order valence-electron chi connectivity index (χ4n) is 1.54. The first-order valence-electron chi connectivity index (χ1n) is 5.01. The summed E-state index contributed by atoms with van der Waals surface area (Å²) >= 11 is 0. The summed E-state index contributed by atoms with van der Waals surface area (Å²) in [6.07, 6.45) is -4.02. The van der Waals surface area contributed by atoms with Gasteiger partial charge in [-0.05, 0) is 25.1 Å². The van der Waals surface area contributed by atoms with Crippen LogP contribution in [-0.4, -0.2) is 19.6 Å². The summed E-state index contributed by atoms with van der Waals surface area (Å²) in [5.41, 5.74) is 5.14. The van der Waals surface area contributed by atoms with Crippen LogP contribution >= 0.6 is 0 Å². The molecule has 1 aromatic rings. The Bertz CT molecular complexity index is 332. The molecule has 0 aliphatic rings. The molecule has 0 radical (unpaired) electrons. The molecule has 0 fully saturated rings. The maximum atomic E-state index is 12.7. The van der Waals surface area contributed by atoms with Gasteiger partial charge in [0, 0.05) is 12.6 Å². The molecular weight excluding hydrogens is 217 g/mol. The van der Waals surface area contributed by atoms with Crippen LogP contribution in [0.15, 0.2) is 24.3 Å². The van der Waals surface area contributed by atoms with Gasteiger partial charge in [-0.2, -0.15) is 13.2 Å². The van der Waals surface area contributed by atoms with E-state index < -0.39 is 11.7 Å². The molecule has 0 spiro atoms. The average molecular weight is 232 g/mol. The van der Waals surface area contributed by atoms with E-state index in [0.717, 1.165) is 6.07 Å². The number of benzene rings is 1. The Balaban J connectivity index is 2.95. The Morgan fingerprint density at radius 1 is 1.31 bits per heavy atom. The lowest BCUT2D eigenvalue weighted by atomic mass is 10.00. The summed E-state index contributed by atoms with van der Waals surface area (Å²) < 4.78 is 38.0. The highest BCUT2D eigenvalue weighted by Gasteiger charge is 2.33. The second-order valence-electron chi connectivity index (χ2n) is 3.58.